The van der Waals surface area contributed by atoms with Crippen LogP contribution in [0.25, 0.3) is 0 Å². The van der Waals surface area contributed by atoms with Gasteiger partial charge < -0.3 is 15.0 Å². The molecule has 0 aliphatic carbocycles. The molecular weight excluding hydrogens is 255 g/mol. The first-order valence-electron chi connectivity index (χ1n) is 7.28. The van der Waals surface area contributed by atoms with Crippen molar-refractivity contribution in [3.8, 4) is 5.75 Å². The van der Waals surface area contributed by atoms with Gasteiger partial charge in [-0.15, -0.1) is 0 Å². The van der Waals surface area contributed by atoms with Gasteiger partial charge in [-0.25, -0.2) is 4.39 Å². The quantitative estimate of drug-likeness (QED) is 0.705. The Bertz CT molecular complexity index is 396. The zero-order valence-corrected chi connectivity index (χ0v) is 13.1. The lowest BCUT2D eigenvalue weighted by molar-refractivity contribution is 0.268. The Morgan fingerprint density at radius 3 is 2.65 bits per heavy atom. The second kappa shape index (κ2) is 8.93. The second-order valence-corrected chi connectivity index (χ2v) is 5.42. The van der Waals surface area contributed by atoms with Gasteiger partial charge in [0.1, 0.15) is 11.6 Å². The van der Waals surface area contributed by atoms with Crippen molar-refractivity contribution in [2.24, 2.45) is 0 Å². The highest BCUT2D eigenvalue weighted by atomic mass is 19.1. The van der Waals surface area contributed by atoms with Crippen LogP contribution in [0.5, 0.6) is 5.75 Å². The number of nitrogens with one attached hydrogen (secondary N) is 1. The number of nitrogens with zero attached hydrogens (tertiary/aromatic N) is 1. The highest BCUT2D eigenvalue weighted by Gasteiger charge is 2.04. The van der Waals surface area contributed by atoms with E-state index in [-0.39, 0.29) is 5.82 Å². The molecule has 0 atom stereocenters. The Morgan fingerprint density at radius 1 is 1.30 bits per heavy atom. The molecule has 1 rings (SSSR count). The summed E-state index contributed by atoms with van der Waals surface area (Å²) in [7, 11) is 3.69. The molecule has 0 amide bonds. The predicted molar refractivity (Wildman–Crippen MR) is 81.7 cm³/mol. The first kappa shape index (κ1) is 16.9. The smallest absolute Gasteiger partial charge is 0.131 e. The average Bonchev–Trinajstić information content (AvgIpc) is 2.43. The molecule has 0 aliphatic heterocycles. The van der Waals surface area contributed by atoms with Crippen molar-refractivity contribution in [2.75, 3.05) is 27.2 Å². The number of hydrogen-bond donors (Lipinski definition) is 1. The summed E-state index contributed by atoms with van der Waals surface area (Å²) in [5.41, 5.74) is 0.685. The Balaban J connectivity index is 2.18. The lowest BCUT2D eigenvalue weighted by atomic mass is 10.2. The van der Waals surface area contributed by atoms with Gasteiger partial charge in [0.2, 0.25) is 0 Å². The zero-order valence-electron chi connectivity index (χ0n) is 13.1. The zero-order chi connectivity index (χ0) is 15.0. The van der Waals surface area contributed by atoms with E-state index in [0.29, 0.717) is 23.9 Å². The summed E-state index contributed by atoms with van der Waals surface area (Å²) in [4.78, 5) is 2.34. The van der Waals surface area contributed by atoms with Gasteiger partial charge in [0.15, 0.2) is 0 Å². The molecule has 0 aromatic heterocycles. The standard InChI is InChI=1S/C16H27FN2O/c1-13(2)19(3)10-6-5-9-18-12-14-7-8-15(20-4)11-16(14)17/h7-8,11,13,18H,5-6,9-10,12H2,1-4H3. The fourth-order valence-electron chi connectivity index (χ4n) is 1.89. The SMILES string of the molecule is COc1ccc(CNCCCCN(C)C(C)C)c(F)c1. The number of ether oxygens (including phenoxy) is 1. The molecule has 0 bridgehead atoms. The van der Waals surface area contributed by atoms with Crippen molar-refractivity contribution in [3.63, 3.8) is 0 Å². The minimum atomic E-state index is -0.212. The van der Waals surface area contributed by atoms with Crippen LogP contribution in [0.15, 0.2) is 18.2 Å². The van der Waals surface area contributed by atoms with Gasteiger partial charge >= 0.3 is 0 Å². The molecule has 0 unspecified atom stereocenters. The van der Waals surface area contributed by atoms with Crippen LogP contribution >= 0.6 is 0 Å². The Hall–Kier alpha value is -1.13. The number of benzene rings is 1. The number of unbranched alkanes of at least 4 members (excludes halogenated alkanes) is 1. The van der Waals surface area contributed by atoms with E-state index in [1.54, 1.807) is 19.2 Å². The molecule has 0 aliphatic rings. The molecular formula is C16H27FN2O. The van der Waals surface area contributed by atoms with Crippen LogP contribution in [-0.4, -0.2) is 38.2 Å². The molecule has 20 heavy (non-hydrogen) atoms. The van der Waals surface area contributed by atoms with Crippen molar-refractivity contribution in [1.29, 1.82) is 0 Å². The average molecular weight is 282 g/mol. The van der Waals surface area contributed by atoms with Crippen LogP contribution in [0.2, 0.25) is 0 Å². The second-order valence-electron chi connectivity index (χ2n) is 5.42. The summed E-state index contributed by atoms with van der Waals surface area (Å²) >= 11 is 0. The third kappa shape index (κ3) is 5.88. The molecule has 3 nitrogen and oxygen atoms in total. The van der Waals surface area contributed by atoms with Crippen molar-refractivity contribution < 1.29 is 9.13 Å². The fourth-order valence-corrected chi connectivity index (χ4v) is 1.89. The molecule has 0 fully saturated rings. The minimum Gasteiger partial charge on any atom is -0.497 e. The van der Waals surface area contributed by atoms with Crippen molar-refractivity contribution in [2.45, 2.75) is 39.3 Å². The number of methoxy groups -OCH3 is 1. The van der Waals surface area contributed by atoms with E-state index in [1.165, 1.54) is 6.07 Å². The molecule has 114 valence electrons. The van der Waals surface area contributed by atoms with E-state index < -0.39 is 0 Å². The monoisotopic (exact) mass is 282 g/mol. The highest BCUT2D eigenvalue weighted by molar-refractivity contribution is 5.28. The fraction of sp³-hybridized carbons (Fsp3) is 0.625. The van der Waals surface area contributed by atoms with Crippen molar-refractivity contribution >= 4 is 0 Å². The first-order chi connectivity index (χ1) is 9.54. The van der Waals surface area contributed by atoms with E-state index in [4.69, 9.17) is 4.74 Å². The van der Waals surface area contributed by atoms with Gasteiger partial charge in [-0.05, 0) is 52.9 Å². The van der Waals surface area contributed by atoms with E-state index in [9.17, 15) is 4.39 Å². The molecule has 0 heterocycles. The number of halogens is 1. The molecule has 0 radical (unpaired) electrons. The largest absolute Gasteiger partial charge is 0.497 e. The van der Waals surface area contributed by atoms with Gasteiger partial charge in [-0.1, -0.05) is 6.07 Å². The van der Waals surface area contributed by atoms with Crippen LogP contribution in [0.1, 0.15) is 32.3 Å². The third-order valence-corrected chi connectivity index (χ3v) is 3.57. The molecule has 0 saturated carbocycles. The highest BCUT2D eigenvalue weighted by Crippen LogP contribution is 2.15. The van der Waals surface area contributed by atoms with Crippen molar-refractivity contribution in [1.82, 2.24) is 10.2 Å². The topological polar surface area (TPSA) is 24.5 Å². The Labute approximate surface area is 122 Å². The first-order valence-corrected chi connectivity index (χ1v) is 7.28. The van der Waals surface area contributed by atoms with Gasteiger partial charge in [0.25, 0.3) is 0 Å². The summed E-state index contributed by atoms with van der Waals surface area (Å²) < 4.78 is 18.7. The van der Waals surface area contributed by atoms with E-state index in [2.05, 4.69) is 31.1 Å². The number of rotatable bonds is 9. The summed E-state index contributed by atoms with van der Waals surface area (Å²) in [5.74, 6) is 0.347. The minimum absolute atomic E-state index is 0.212. The van der Waals surface area contributed by atoms with Crippen LogP contribution < -0.4 is 10.1 Å². The van der Waals surface area contributed by atoms with Gasteiger partial charge in [-0.3, -0.25) is 0 Å². The van der Waals surface area contributed by atoms with Gasteiger partial charge in [0, 0.05) is 24.2 Å². The Morgan fingerprint density at radius 2 is 2.05 bits per heavy atom. The summed E-state index contributed by atoms with van der Waals surface area (Å²) in [6.07, 6.45) is 2.27. The lowest BCUT2D eigenvalue weighted by Crippen LogP contribution is -2.27. The molecule has 1 aromatic rings. The predicted octanol–water partition coefficient (Wildman–Crippen LogP) is 3.04. The maximum atomic E-state index is 13.7. The molecule has 4 heteroatoms. The van der Waals surface area contributed by atoms with Crippen LogP contribution in [-0.2, 0) is 6.54 Å². The van der Waals surface area contributed by atoms with Crippen LogP contribution in [0.3, 0.4) is 0 Å². The number of hydrogen-bond acceptors (Lipinski definition) is 3. The third-order valence-electron chi connectivity index (χ3n) is 3.57. The van der Waals surface area contributed by atoms with E-state index in [1.807, 2.05) is 0 Å². The van der Waals surface area contributed by atoms with E-state index in [0.717, 1.165) is 25.9 Å². The van der Waals surface area contributed by atoms with E-state index >= 15 is 0 Å². The normalized spacial score (nSPS) is 11.3. The van der Waals surface area contributed by atoms with Gasteiger partial charge in [0.05, 0.1) is 7.11 Å². The maximum absolute atomic E-state index is 13.7. The molecule has 1 N–H and O–H groups in total. The Kier molecular flexibility index (Phi) is 7.55. The van der Waals surface area contributed by atoms with Crippen LogP contribution in [0.4, 0.5) is 4.39 Å². The molecule has 1 aromatic carbocycles. The summed E-state index contributed by atoms with van der Waals surface area (Å²) in [5, 5.41) is 3.28. The maximum Gasteiger partial charge on any atom is 0.131 e. The van der Waals surface area contributed by atoms with Crippen molar-refractivity contribution in [3.05, 3.63) is 29.6 Å². The van der Waals surface area contributed by atoms with Gasteiger partial charge in [-0.2, -0.15) is 0 Å². The van der Waals surface area contributed by atoms with Crippen LogP contribution in [0, 0.1) is 5.82 Å². The molecule has 0 saturated heterocycles. The lowest BCUT2D eigenvalue weighted by Gasteiger charge is -2.20. The molecule has 0 spiro atoms. The summed E-state index contributed by atoms with van der Waals surface area (Å²) in [6, 6.07) is 5.58. The summed E-state index contributed by atoms with van der Waals surface area (Å²) in [6.45, 7) is 6.99.